The van der Waals surface area contributed by atoms with Crippen molar-refractivity contribution in [3.8, 4) is 0 Å². The van der Waals surface area contributed by atoms with Gasteiger partial charge in [-0.3, -0.25) is 9.59 Å². The highest BCUT2D eigenvalue weighted by Crippen LogP contribution is 2.41. The number of carbonyl (C=O) groups is 2. The lowest BCUT2D eigenvalue weighted by molar-refractivity contribution is -0.125. The van der Waals surface area contributed by atoms with E-state index in [2.05, 4.69) is 5.32 Å². The Kier molecular flexibility index (Phi) is 6.22. The van der Waals surface area contributed by atoms with E-state index in [4.69, 9.17) is 0 Å². The lowest BCUT2D eigenvalue weighted by atomic mass is 9.88. The minimum Gasteiger partial charge on any atom is -0.352 e. The van der Waals surface area contributed by atoms with Gasteiger partial charge in [0.25, 0.3) is 5.91 Å². The summed E-state index contributed by atoms with van der Waals surface area (Å²) in [5, 5.41) is 2.93. The third kappa shape index (κ3) is 4.22. The van der Waals surface area contributed by atoms with Gasteiger partial charge in [0.15, 0.2) is 0 Å². The van der Waals surface area contributed by atoms with Crippen molar-refractivity contribution in [2.24, 2.45) is 5.92 Å². The first kappa shape index (κ1) is 19.2. The minimum absolute atomic E-state index is 0.00557. The second kappa shape index (κ2) is 8.42. The second-order valence-electron chi connectivity index (χ2n) is 7.52. The quantitative estimate of drug-likeness (QED) is 0.867. The molecule has 1 N–H and O–H groups in total. The van der Waals surface area contributed by atoms with Crippen LogP contribution >= 0.6 is 11.8 Å². The van der Waals surface area contributed by atoms with Crippen LogP contribution in [0.1, 0.15) is 56.3 Å². The zero-order chi connectivity index (χ0) is 18.7. The largest absolute Gasteiger partial charge is 0.352 e. The zero-order valence-corrected chi connectivity index (χ0v) is 16.2. The normalized spacial score (nSPS) is 24.1. The summed E-state index contributed by atoms with van der Waals surface area (Å²) in [6.07, 6.45) is 5.76. The van der Waals surface area contributed by atoms with Gasteiger partial charge < -0.3 is 10.2 Å². The first-order chi connectivity index (χ1) is 12.5. The lowest BCUT2D eigenvalue weighted by Crippen LogP contribution is -2.52. The molecule has 2 aliphatic rings. The van der Waals surface area contributed by atoms with E-state index in [0.717, 1.165) is 12.8 Å². The van der Waals surface area contributed by atoms with E-state index in [9.17, 15) is 14.0 Å². The Balaban J connectivity index is 1.88. The van der Waals surface area contributed by atoms with Gasteiger partial charge in [-0.05, 0) is 50.8 Å². The monoisotopic (exact) mass is 378 g/mol. The van der Waals surface area contributed by atoms with E-state index in [0.29, 0.717) is 17.2 Å². The molecule has 2 fully saturated rings. The summed E-state index contributed by atoms with van der Waals surface area (Å²) in [6.45, 7) is 3.83. The number of hydrogen-bond acceptors (Lipinski definition) is 3. The Bertz CT molecular complexity index is 661. The summed E-state index contributed by atoms with van der Waals surface area (Å²) in [7, 11) is 0. The molecule has 0 radical (unpaired) electrons. The number of rotatable bonds is 4. The molecule has 1 aliphatic heterocycles. The summed E-state index contributed by atoms with van der Waals surface area (Å²) in [4.78, 5) is 27.7. The number of halogens is 1. The van der Waals surface area contributed by atoms with Crippen LogP contribution in [0.5, 0.6) is 0 Å². The lowest BCUT2D eigenvalue weighted by Gasteiger charge is -2.35. The molecule has 26 heavy (non-hydrogen) atoms. The van der Waals surface area contributed by atoms with Crippen molar-refractivity contribution in [1.82, 2.24) is 10.2 Å². The molecule has 2 unspecified atom stereocenters. The smallest absolute Gasteiger partial charge is 0.255 e. The molecule has 1 aliphatic carbocycles. The molecule has 6 heteroatoms. The maximum Gasteiger partial charge on any atom is 0.255 e. The predicted molar refractivity (Wildman–Crippen MR) is 102 cm³/mol. The Morgan fingerprint density at radius 3 is 2.62 bits per heavy atom. The van der Waals surface area contributed by atoms with Crippen LogP contribution in [0, 0.1) is 11.7 Å². The van der Waals surface area contributed by atoms with E-state index < -0.39 is 11.9 Å². The van der Waals surface area contributed by atoms with Crippen LogP contribution in [0.15, 0.2) is 24.3 Å². The minimum atomic E-state index is -0.495. The van der Waals surface area contributed by atoms with Gasteiger partial charge in [-0.1, -0.05) is 25.3 Å². The van der Waals surface area contributed by atoms with Crippen molar-refractivity contribution in [3.05, 3.63) is 35.6 Å². The summed E-state index contributed by atoms with van der Waals surface area (Å²) in [5.41, 5.74) is 0.315. The number of hydrogen-bond donors (Lipinski definition) is 1. The fourth-order valence-electron chi connectivity index (χ4n) is 3.92. The summed E-state index contributed by atoms with van der Waals surface area (Å²) >= 11 is 1.70. The van der Waals surface area contributed by atoms with Gasteiger partial charge in [-0.25, -0.2) is 4.39 Å². The molecule has 2 amide bonds. The zero-order valence-electron chi connectivity index (χ0n) is 15.4. The van der Waals surface area contributed by atoms with Crippen molar-refractivity contribution in [3.63, 3.8) is 0 Å². The second-order valence-corrected chi connectivity index (χ2v) is 8.67. The van der Waals surface area contributed by atoms with Gasteiger partial charge >= 0.3 is 0 Å². The first-order valence-corrected chi connectivity index (χ1v) is 10.5. The van der Waals surface area contributed by atoms with E-state index in [1.54, 1.807) is 28.8 Å². The van der Waals surface area contributed by atoms with Gasteiger partial charge in [0.2, 0.25) is 5.91 Å². The number of carbonyl (C=O) groups excluding carboxylic acids is 2. The first-order valence-electron chi connectivity index (χ1n) is 9.47. The van der Waals surface area contributed by atoms with E-state index >= 15 is 0 Å². The number of benzene rings is 1. The van der Waals surface area contributed by atoms with Crippen LogP contribution in [-0.2, 0) is 4.79 Å². The van der Waals surface area contributed by atoms with Crippen LogP contribution < -0.4 is 5.32 Å². The standard InChI is InChI=1S/C20H27FN2O2S/c1-13(2)22-18(24)17-12-26-20(14-7-4-3-5-8-14)23(17)19(25)15-9-6-10-16(21)11-15/h6,9-11,13-14,17,20H,3-5,7-8,12H2,1-2H3,(H,22,24). The molecule has 0 spiro atoms. The van der Waals surface area contributed by atoms with Gasteiger partial charge in [0.05, 0.1) is 5.37 Å². The molecule has 0 aromatic heterocycles. The highest BCUT2D eigenvalue weighted by atomic mass is 32.2. The van der Waals surface area contributed by atoms with Crippen molar-refractivity contribution in [1.29, 1.82) is 0 Å². The molecule has 1 aromatic carbocycles. The Morgan fingerprint density at radius 2 is 1.96 bits per heavy atom. The third-order valence-corrected chi connectivity index (χ3v) is 6.59. The molecule has 2 atom stereocenters. The average molecular weight is 379 g/mol. The summed E-state index contributed by atoms with van der Waals surface area (Å²) in [5.74, 6) is 0.216. The molecular formula is C20H27FN2O2S. The molecule has 1 saturated heterocycles. The van der Waals surface area contributed by atoms with Crippen LogP contribution in [-0.4, -0.2) is 39.9 Å². The Hall–Kier alpha value is -1.56. The number of amides is 2. The summed E-state index contributed by atoms with van der Waals surface area (Å²) in [6, 6.07) is 5.30. The maximum absolute atomic E-state index is 13.6. The van der Waals surface area contributed by atoms with E-state index in [1.165, 1.54) is 31.4 Å². The van der Waals surface area contributed by atoms with Crippen LogP contribution in [0.25, 0.3) is 0 Å². The highest BCUT2D eigenvalue weighted by Gasteiger charge is 2.45. The van der Waals surface area contributed by atoms with Gasteiger partial charge in [0, 0.05) is 17.4 Å². The average Bonchev–Trinajstić information content (AvgIpc) is 3.06. The van der Waals surface area contributed by atoms with E-state index in [-0.39, 0.29) is 23.2 Å². The molecule has 1 aromatic rings. The van der Waals surface area contributed by atoms with Gasteiger partial charge in [0.1, 0.15) is 11.9 Å². The molecule has 142 valence electrons. The third-order valence-electron chi connectivity index (χ3n) is 5.13. The molecular weight excluding hydrogens is 351 g/mol. The predicted octanol–water partition coefficient (Wildman–Crippen LogP) is 3.81. The number of nitrogens with zero attached hydrogens (tertiary/aromatic N) is 1. The van der Waals surface area contributed by atoms with E-state index in [1.807, 2.05) is 13.8 Å². The van der Waals surface area contributed by atoms with Gasteiger partial charge in [-0.15, -0.1) is 11.8 Å². The molecule has 4 nitrogen and oxygen atoms in total. The van der Waals surface area contributed by atoms with Gasteiger partial charge in [-0.2, -0.15) is 0 Å². The Labute approximate surface area is 158 Å². The van der Waals surface area contributed by atoms with Crippen LogP contribution in [0.2, 0.25) is 0 Å². The van der Waals surface area contributed by atoms with Crippen molar-refractivity contribution in [2.45, 2.75) is 63.4 Å². The van der Waals surface area contributed by atoms with Crippen molar-refractivity contribution < 1.29 is 14.0 Å². The topological polar surface area (TPSA) is 49.4 Å². The fourth-order valence-corrected chi connectivity index (χ4v) is 5.56. The summed E-state index contributed by atoms with van der Waals surface area (Å²) < 4.78 is 13.6. The molecule has 3 rings (SSSR count). The fraction of sp³-hybridized carbons (Fsp3) is 0.600. The number of nitrogens with one attached hydrogen (secondary N) is 1. The highest BCUT2D eigenvalue weighted by molar-refractivity contribution is 8.00. The van der Waals surface area contributed by atoms with Crippen LogP contribution in [0.3, 0.4) is 0 Å². The SMILES string of the molecule is CC(C)NC(=O)C1CSC(C2CCCCC2)N1C(=O)c1cccc(F)c1. The van der Waals surface area contributed by atoms with Crippen molar-refractivity contribution in [2.75, 3.05) is 5.75 Å². The van der Waals surface area contributed by atoms with Crippen LogP contribution in [0.4, 0.5) is 4.39 Å². The Morgan fingerprint density at radius 1 is 1.23 bits per heavy atom. The molecule has 1 saturated carbocycles. The molecule has 0 bridgehead atoms. The molecule has 1 heterocycles. The van der Waals surface area contributed by atoms with Crippen molar-refractivity contribution >= 4 is 23.6 Å². The number of thioether (sulfide) groups is 1. The maximum atomic E-state index is 13.6.